The highest BCUT2D eigenvalue weighted by atomic mass is 31.2. The standard InChI is InChI=1S/C19H21N2O7P/c1-19(20,10-27-29(22,23)24)7-6-12-2-4-15-14(8-12)21-18(28-15)13-3-5-16-17(9-13)26-11-25-16/h2-5,8-9H,6-7,10-11,20H2,1H3,(H2,22,23,24)/t19-/m1/s1. The summed E-state index contributed by atoms with van der Waals surface area (Å²) >= 11 is 0. The minimum atomic E-state index is -4.54. The summed E-state index contributed by atoms with van der Waals surface area (Å²) in [7, 11) is -4.54. The first-order valence-electron chi connectivity index (χ1n) is 8.97. The van der Waals surface area contributed by atoms with Crippen molar-refractivity contribution in [2.24, 2.45) is 5.73 Å². The number of nitrogens with two attached hydrogens (primary N) is 1. The van der Waals surface area contributed by atoms with Crippen LogP contribution in [0.3, 0.4) is 0 Å². The van der Waals surface area contributed by atoms with Crippen LogP contribution >= 0.6 is 7.82 Å². The maximum atomic E-state index is 10.9. The van der Waals surface area contributed by atoms with Crippen LogP contribution in [-0.4, -0.2) is 33.7 Å². The summed E-state index contributed by atoms with van der Waals surface area (Å²) in [5, 5.41) is 0. The molecule has 0 amide bonds. The maximum absolute atomic E-state index is 10.9. The topological polar surface area (TPSA) is 137 Å². The van der Waals surface area contributed by atoms with Gasteiger partial charge in [0, 0.05) is 11.1 Å². The molecule has 1 aliphatic heterocycles. The SMILES string of the molecule is C[C@@](N)(CCc1ccc2oc(-c3ccc4c(c3)OCO4)nc2c1)COP(=O)(O)O. The molecule has 1 atom stereocenters. The van der Waals surface area contributed by atoms with Crippen LogP contribution in [0, 0.1) is 0 Å². The molecule has 4 rings (SSSR count). The zero-order chi connectivity index (χ0) is 20.6. The number of aryl methyl sites for hydroxylation is 1. The van der Waals surface area contributed by atoms with Crippen LogP contribution in [0.25, 0.3) is 22.6 Å². The van der Waals surface area contributed by atoms with E-state index in [2.05, 4.69) is 9.51 Å². The molecule has 1 aromatic heterocycles. The van der Waals surface area contributed by atoms with E-state index < -0.39 is 13.4 Å². The van der Waals surface area contributed by atoms with E-state index in [9.17, 15) is 4.57 Å². The van der Waals surface area contributed by atoms with Crippen molar-refractivity contribution < 1.29 is 32.8 Å². The highest BCUT2D eigenvalue weighted by Crippen LogP contribution is 2.37. The van der Waals surface area contributed by atoms with Gasteiger partial charge < -0.3 is 29.4 Å². The Morgan fingerprint density at radius 2 is 2.00 bits per heavy atom. The van der Waals surface area contributed by atoms with Gasteiger partial charge in [0.25, 0.3) is 0 Å². The van der Waals surface area contributed by atoms with Crippen LogP contribution in [0.5, 0.6) is 11.5 Å². The average molecular weight is 420 g/mol. The van der Waals surface area contributed by atoms with E-state index >= 15 is 0 Å². The van der Waals surface area contributed by atoms with Crippen LogP contribution in [0.15, 0.2) is 40.8 Å². The lowest BCUT2D eigenvalue weighted by Crippen LogP contribution is -2.41. The number of hydrogen-bond acceptors (Lipinski definition) is 7. The molecule has 3 aromatic rings. The average Bonchev–Trinajstić information content (AvgIpc) is 3.30. The molecule has 0 bridgehead atoms. The fraction of sp³-hybridized carbons (Fsp3) is 0.316. The lowest BCUT2D eigenvalue weighted by Gasteiger charge is -2.24. The Balaban J connectivity index is 1.48. The van der Waals surface area contributed by atoms with Gasteiger partial charge >= 0.3 is 7.82 Å². The van der Waals surface area contributed by atoms with Crippen LogP contribution in [0.1, 0.15) is 18.9 Å². The fourth-order valence-electron chi connectivity index (χ4n) is 3.02. The Labute approximate surface area is 166 Å². The Kier molecular flexibility index (Phi) is 5.10. The molecule has 0 fully saturated rings. The Morgan fingerprint density at radius 3 is 2.79 bits per heavy atom. The van der Waals surface area contributed by atoms with Gasteiger partial charge in [-0.05, 0) is 55.7 Å². The molecule has 0 spiro atoms. The van der Waals surface area contributed by atoms with E-state index in [1.807, 2.05) is 36.4 Å². The van der Waals surface area contributed by atoms with Crippen LogP contribution in [0.2, 0.25) is 0 Å². The van der Waals surface area contributed by atoms with E-state index in [4.69, 9.17) is 29.4 Å². The quantitative estimate of drug-likeness (QED) is 0.493. The van der Waals surface area contributed by atoms with Crippen molar-refractivity contribution in [1.82, 2.24) is 4.98 Å². The van der Waals surface area contributed by atoms with Gasteiger partial charge in [-0.3, -0.25) is 4.52 Å². The zero-order valence-electron chi connectivity index (χ0n) is 15.7. The molecule has 29 heavy (non-hydrogen) atoms. The van der Waals surface area contributed by atoms with Crippen molar-refractivity contribution in [3.8, 4) is 23.0 Å². The van der Waals surface area contributed by atoms with Crippen molar-refractivity contribution in [2.75, 3.05) is 13.4 Å². The molecule has 4 N–H and O–H groups in total. The van der Waals surface area contributed by atoms with Gasteiger partial charge in [0.2, 0.25) is 12.7 Å². The molecule has 9 nitrogen and oxygen atoms in total. The highest BCUT2D eigenvalue weighted by Gasteiger charge is 2.24. The van der Waals surface area contributed by atoms with Gasteiger partial charge in [-0.25, -0.2) is 9.55 Å². The fourth-order valence-corrected chi connectivity index (χ4v) is 3.48. The molecule has 154 valence electrons. The molecule has 0 saturated heterocycles. The van der Waals surface area contributed by atoms with Gasteiger partial charge in [0.15, 0.2) is 17.1 Å². The van der Waals surface area contributed by atoms with Crippen LogP contribution in [0.4, 0.5) is 0 Å². The van der Waals surface area contributed by atoms with Gasteiger partial charge in [-0.15, -0.1) is 0 Å². The third-order valence-corrected chi connectivity index (χ3v) is 5.08. The smallest absolute Gasteiger partial charge is 0.454 e. The molecule has 10 heteroatoms. The zero-order valence-corrected chi connectivity index (χ0v) is 16.6. The van der Waals surface area contributed by atoms with Crippen LogP contribution in [-0.2, 0) is 15.5 Å². The van der Waals surface area contributed by atoms with E-state index in [-0.39, 0.29) is 13.4 Å². The second-order valence-corrected chi connectivity index (χ2v) is 8.55. The Bertz CT molecular complexity index is 1090. The minimum Gasteiger partial charge on any atom is -0.454 e. The third-order valence-electron chi connectivity index (χ3n) is 4.62. The number of phosphoric ester groups is 1. The normalized spacial score (nSPS) is 15.6. The lowest BCUT2D eigenvalue weighted by molar-refractivity contribution is 0.154. The summed E-state index contributed by atoms with van der Waals surface area (Å²) in [5.41, 5.74) is 8.34. The summed E-state index contributed by atoms with van der Waals surface area (Å²) < 4.78 is 32.0. The highest BCUT2D eigenvalue weighted by molar-refractivity contribution is 7.46. The van der Waals surface area contributed by atoms with Crippen LogP contribution < -0.4 is 15.2 Å². The largest absolute Gasteiger partial charge is 0.469 e. The monoisotopic (exact) mass is 420 g/mol. The molecular formula is C19H21N2O7P. The second kappa shape index (κ2) is 7.44. The number of oxazole rings is 1. The van der Waals surface area contributed by atoms with Gasteiger partial charge in [-0.2, -0.15) is 0 Å². The number of ether oxygens (including phenoxy) is 2. The summed E-state index contributed by atoms with van der Waals surface area (Å²) in [6.07, 6.45) is 1.07. The number of nitrogens with zero attached hydrogens (tertiary/aromatic N) is 1. The van der Waals surface area contributed by atoms with Gasteiger partial charge in [-0.1, -0.05) is 6.07 Å². The molecule has 0 radical (unpaired) electrons. The second-order valence-electron chi connectivity index (χ2n) is 7.31. The summed E-state index contributed by atoms with van der Waals surface area (Å²) in [4.78, 5) is 22.2. The molecule has 1 aliphatic rings. The van der Waals surface area contributed by atoms with E-state index in [1.54, 1.807) is 6.92 Å². The van der Waals surface area contributed by atoms with Gasteiger partial charge in [0.05, 0.1) is 6.61 Å². The Hall–Kier alpha value is -2.42. The first kappa shape index (κ1) is 19.9. The number of phosphoric acid groups is 1. The molecule has 0 aliphatic carbocycles. The third kappa shape index (κ3) is 4.77. The number of aromatic nitrogens is 1. The molecule has 2 heterocycles. The van der Waals surface area contributed by atoms with Crippen molar-refractivity contribution in [1.29, 1.82) is 0 Å². The minimum absolute atomic E-state index is 0.203. The lowest BCUT2D eigenvalue weighted by atomic mass is 9.95. The predicted molar refractivity (Wildman–Crippen MR) is 104 cm³/mol. The Morgan fingerprint density at radius 1 is 1.21 bits per heavy atom. The molecule has 2 aromatic carbocycles. The molecular weight excluding hydrogens is 399 g/mol. The first-order chi connectivity index (χ1) is 13.7. The van der Waals surface area contributed by atoms with Crippen molar-refractivity contribution >= 4 is 18.9 Å². The van der Waals surface area contributed by atoms with Crippen molar-refractivity contribution in [2.45, 2.75) is 25.3 Å². The molecule has 0 unspecified atom stereocenters. The van der Waals surface area contributed by atoms with E-state index in [0.717, 1.165) is 11.1 Å². The van der Waals surface area contributed by atoms with Crippen molar-refractivity contribution in [3.05, 3.63) is 42.0 Å². The maximum Gasteiger partial charge on any atom is 0.469 e. The summed E-state index contributed by atoms with van der Waals surface area (Å²) in [6.45, 7) is 1.65. The first-order valence-corrected chi connectivity index (χ1v) is 10.5. The number of rotatable bonds is 7. The van der Waals surface area contributed by atoms with E-state index in [0.29, 0.717) is 41.3 Å². The summed E-state index contributed by atoms with van der Waals surface area (Å²) in [6, 6.07) is 11.2. The van der Waals surface area contributed by atoms with Gasteiger partial charge in [0.1, 0.15) is 5.52 Å². The number of benzene rings is 2. The molecule has 0 saturated carbocycles. The van der Waals surface area contributed by atoms with E-state index in [1.165, 1.54) is 0 Å². The number of fused-ring (bicyclic) bond motifs is 2. The number of hydrogen-bond donors (Lipinski definition) is 3. The predicted octanol–water partition coefficient (Wildman–Crippen LogP) is 2.98. The summed E-state index contributed by atoms with van der Waals surface area (Å²) in [5.74, 6) is 1.83. The van der Waals surface area contributed by atoms with Crippen molar-refractivity contribution in [3.63, 3.8) is 0 Å².